The van der Waals surface area contributed by atoms with Crippen LogP contribution in [0.25, 0.3) is 0 Å². The molecule has 2 aromatic rings. The van der Waals surface area contributed by atoms with Gasteiger partial charge >= 0.3 is 0 Å². The third-order valence-corrected chi connectivity index (χ3v) is 6.32. The van der Waals surface area contributed by atoms with Crippen molar-refractivity contribution in [2.75, 3.05) is 43.4 Å². The maximum atomic E-state index is 12.8. The summed E-state index contributed by atoms with van der Waals surface area (Å²) >= 11 is 0. The molecule has 0 aliphatic carbocycles. The second-order valence-electron chi connectivity index (χ2n) is 6.57. The Morgan fingerprint density at radius 2 is 1.92 bits per heavy atom. The number of hydrogen-bond donors (Lipinski definition) is 1. The zero-order chi connectivity index (χ0) is 18.7. The molecule has 1 aromatic heterocycles. The number of hydrogen-bond acceptors (Lipinski definition) is 7. The van der Waals surface area contributed by atoms with Crippen molar-refractivity contribution in [3.63, 3.8) is 0 Å². The van der Waals surface area contributed by atoms with Gasteiger partial charge in [0.15, 0.2) is 0 Å². The number of aromatic nitrogens is 2. The second kappa shape index (κ2) is 7.59. The Kier molecular flexibility index (Phi) is 5.43. The number of nitrogen functional groups attached to an aromatic ring is 1. The number of nitrogens with two attached hydrogens (primary N) is 1. The maximum absolute atomic E-state index is 12.8. The molecule has 0 atom stereocenters. The van der Waals surface area contributed by atoms with Crippen LogP contribution in [0.2, 0.25) is 0 Å². The lowest BCUT2D eigenvalue weighted by molar-refractivity contribution is 0.257. The maximum Gasteiger partial charge on any atom is 0.227 e. The van der Waals surface area contributed by atoms with Gasteiger partial charge in [-0.05, 0) is 37.6 Å². The molecule has 0 spiro atoms. The van der Waals surface area contributed by atoms with Crippen molar-refractivity contribution in [3.05, 3.63) is 36.0 Å². The number of nitrogens with zero attached hydrogens (tertiary/aromatic N) is 4. The fourth-order valence-electron chi connectivity index (χ4n) is 3.13. The van der Waals surface area contributed by atoms with Crippen molar-refractivity contribution in [1.82, 2.24) is 14.9 Å². The van der Waals surface area contributed by atoms with E-state index in [4.69, 9.17) is 5.73 Å². The highest BCUT2D eigenvalue weighted by Crippen LogP contribution is 2.26. The lowest BCUT2D eigenvalue weighted by Gasteiger charge is -2.34. The lowest BCUT2D eigenvalue weighted by atomic mass is 10.2. The van der Waals surface area contributed by atoms with Gasteiger partial charge in [0.1, 0.15) is 10.7 Å². The lowest BCUT2D eigenvalue weighted by Crippen LogP contribution is -2.47. The van der Waals surface area contributed by atoms with E-state index in [9.17, 15) is 8.42 Å². The van der Waals surface area contributed by atoms with Crippen molar-refractivity contribution in [2.24, 2.45) is 0 Å². The number of piperazine rings is 1. The van der Waals surface area contributed by atoms with Crippen LogP contribution in [-0.2, 0) is 9.84 Å². The molecule has 26 heavy (non-hydrogen) atoms. The van der Waals surface area contributed by atoms with Gasteiger partial charge in [-0.15, -0.1) is 0 Å². The van der Waals surface area contributed by atoms with Gasteiger partial charge in [0.25, 0.3) is 0 Å². The normalized spacial score (nSPS) is 16.0. The molecule has 8 heteroatoms. The molecule has 1 fully saturated rings. The third-order valence-electron chi connectivity index (χ3n) is 4.55. The molecule has 2 N–H and O–H groups in total. The molecule has 0 bridgehead atoms. The zero-order valence-electron chi connectivity index (χ0n) is 15.2. The molecule has 1 saturated heterocycles. The average molecular weight is 375 g/mol. The summed E-state index contributed by atoms with van der Waals surface area (Å²) in [5.41, 5.74) is 6.86. The number of anilines is 2. The van der Waals surface area contributed by atoms with Gasteiger partial charge in [-0.2, -0.15) is 4.98 Å². The Labute approximate surface area is 154 Å². The predicted molar refractivity (Wildman–Crippen MR) is 102 cm³/mol. The molecule has 0 unspecified atom stereocenters. The summed E-state index contributed by atoms with van der Waals surface area (Å²) in [6, 6.07) is 6.74. The molecule has 0 radical (unpaired) electrons. The Morgan fingerprint density at radius 3 is 2.54 bits per heavy atom. The summed E-state index contributed by atoms with van der Waals surface area (Å²) in [7, 11) is -3.73. The van der Waals surface area contributed by atoms with Gasteiger partial charge in [-0.3, -0.25) is 4.90 Å². The molecule has 1 aromatic carbocycles. The van der Waals surface area contributed by atoms with Crippen LogP contribution in [0.5, 0.6) is 0 Å². The monoisotopic (exact) mass is 375 g/mol. The van der Waals surface area contributed by atoms with Crippen molar-refractivity contribution in [3.8, 4) is 0 Å². The molecule has 1 aliphatic heterocycles. The fraction of sp³-hybridized carbons (Fsp3) is 0.444. The van der Waals surface area contributed by atoms with E-state index in [2.05, 4.69) is 21.8 Å². The van der Waals surface area contributed by atoms with Gasteiger partial charge < -0.3 is 10.6 Å². The largest absolute Gasteiger partial charge is 0.382 e. The molecule has 1 aliphatic rings. The molecular formula is C18H25N5O2S. The quantitative estimate of drug-likeness (QED) is 0.851. The Balaban J connectivity index is 1.82. The Hall–Kier alpha value is -2.19. The minimum Gasteiger partial charge on any atom is -0.382 e. The first kappa shape index (κ1) is 18.6. The standard InChI is InChI=1S/C18H25N5O2S/c1-3-7-22-8-10-23(11-9-22)18-20-13-16(17(19)21-18)26(24,25)15-6-4-5-14(2)12-15/h4-6,12-13H,3,7-11H2,1-2H3,(H2,19,20,21). The number of aryl methyl sites for hydroxylation is 1. The second-order valence-corrected chi connectivity index (χ2v) is 8.49. The van der Waals surface area contributed by atoms with Crippen LogP contribution in [0.1, 0.15) is 18.9 Å². The van der Waals surface area contributed by atoms with Crippen molar-refractivity contribution in [1.29, 1.82) is 0 Å². The van der Waals surface area contributed by atoms with Crippen LogP contribution >= 0.6 is 0 Å². The summed E-state index contributed by atoms with van der Waals surface area (Å²) < 4.78 is 25.7. The van der Waals surface area contributed by atoms with Crippen LogP contribution in [-0.4, -0.2) is 56.0 Å². The smallest absolute Gasteiger partial charge is 0.227 e. The molecule has 140 valence electrons. The highest BCUT2D eigenvalue weighted by Gasteiger charge is 2.24. The highest BCUT2D eigenvalue weighted by molar-refractivity contribution is 7.91. The van der Waals surface area contributed by atoms with Gasteiger partial charge in [-0.25, -0.2) is 13.4 Å². The molecule has 7 nitrogen and oxygen atoms in total. The van der Waals surface area contributed by atoms with Crippen LogP contribution in [0.3, 0.4) is 0 Å². The number of sulfone groups is 1. The fourth-order valence-corrected chi connectivity index (χ4v) is 4.50. The first-order chi connectivity index (χ1) is 12.4. The predicted octanol–water partition coefficient (Wildman–Crippen LogP) is 1.73. The highest BCUT2D eigenvalue weighted by atomic mass is 32.2. The minimum absolute atomic E-state index is 0.00695. The van der Waals surface area contributed by atoms with Crippen LogP contribution in [0, 0.1) is 6.92 Å². The topological polar surface area (TPSA) is 92.4 Å². The summed E-state index contributed by atoms with van der Waals surface area (Å²) in [5, 5.41) is 0. The van der Waals surface area contributed by atoms with E-state index in [1.165, 1.54) is 6.20 Å². The molecule has 2 heterocycles. The van der Waals surface area contributed by atoms with E-state index in [0.29, 0.717) is 5.95 Å². The van der Waals surface area contributed by atoms with Crippen molar-refractivity contribution in [2.45, 2.75) is 30.1 Å². The van der Waals surface area contributed by atoms with Gasteiger partial charge in [0, 0.05) is 26.2 Å². The third kappa shape index (κ3) is 3.81. The van der Waals surface area contributed by atoms with Gasteiger partial charge in [0.2, 0.25) is 15.8 Å². The van der Waals surface area contributed by atoms with Crippen molar-refractivity contribution < 1.29 is 8.42 Å². The van der Waals surface area contributed by atoms with E-state index in [1.807, 2.05) is 17.9 Å². The molecule has 0 saturated carbocycles. The summed E-state index contributed by atoms with van der Waals surface area (Å²) in [4.78, 5) is 13.2. The summed E-state index contributed by atoms with van der Waals surface area (Å²) in [6.07, 6.45) is 2.46. The average Bonchev–Trinajstić information content (AvgIpc) is 2.62. The summed E-state index contributed by atoms with van der Waals surface area (Å²) in [5.74, 6) is 0.481. The van der Waals surface area contributed by atoms with E-state index >= 15 is 0 Å². The molecular weight excluding hydrogens is 350 g/mol. The first-order valence-corrected chi connectivity index (χ1v) is 10.3. The van der Waals surface area contributed by atoms with Gasteiger partial charge in [0.05, 0.1) is 11.1 Å². The van der Waals surface area contributed by atoms with E-state index in [1.54, 1.807) is 18.2 Å². The minimum atomic E-state index is -3.73. The first-order valence-electron chi connectivity index (χ1n) is 8.83. The van der Waals surface area contributed by atoms with Crippen molar-refractivity contribution >= 4 is 21.6 Å². The summed E-state index contributed by atoms with van der Waals surface area (Å²) in [6.45, 7) is 8.61. The number of benzene rings is 1. The van der Waals surface area contributed by atoms with E-state index in [-0.39, 0.29) is 15.6 Å². The van der Waals surface area contributed by atoms with Crippen LogP contribution in [0.4, 0.5) is 11.8 Å². The zero-order valence-corrected chi connectivity index (χ0v) is 16.0. The van der Waals surface area contributed by atoms with Crippen LogP contribution < -0.4 is 10.6 Å². The van der Waals surface area contributed by atoms with E-state index in [0.717, 1.165) is 44.7 Å². The Bertz CT molecular complexity index is 877. The molecule has 0 amide bonds. The van der Waals surface area contributed by atoms with Gasteiger partial charge in [-0.1, -0.05) is 19.1 Å². The molecule has 3 rings (SSSR count). The van der Waals surface area contributed by atoms with E-state index < -0.39 is 9.84 Å². The Morgan fingerprint density at radius 1 is 1.19 bits per heavy atom. The SMILES string of the molecule is CCCN1CCN(c2ncc(S(=O)(=O)c3cccc(C)c3)c(N)n2)CC1. The van der Waals surface area contributed by atoms with Crippen LogP contribution in [0.15, 0.2) is 40.3 Å². The number of rotatable bonds is 5.